The lowest BCUT2D eigenvalue weighted by Gasteiger charge is -2.04. The van der Waals surface area contributed by atoms with Gasteiger partial charge >= 0.3 is 0 Å². The summed E-state index contributed by atoms with van der Waals surface area (Å²) in [7, 11) is 1.87. The van der Waals surface area contributed by atoms with Crippen LogP contribution in [0.3, 0.4) is 0 Å². The van der Waals surface area contributed by atoms with E-state index < -0.39 is 0 Å². The molecule has 21 heavy (non-hydrogen) atoms. The Morgan fingerprint density at radius 3 is 2.67 bits per heavy atom. The molecule has 0 bridgehead atoms. The second-order valence-corrected chi connectivity index (χ2v) is 4.64. The molecule has 0 fully saturated rings. The average molecular weight is 275 g/mol. The molecule has 0 spiro atoms. The van der Waals surface area contributed by atoms with Crippen molar-refractivity contribution in [2.45, 2.75) is 6.92 Å². The summed E-state index contributed by atoms with van der Waals surface area (Å²) >= 11 is 0. The molecule has 2 aromatic rings. The van der Waals surface area contributed by atoms with Crippen LogP contribution < -0.4 is 5.32 Å². The highest BCUT2D eigenvalue weighted by Crippen LogP contribution is 2.14. The number of nitrogens with one attached hydrogen (secondary N) is 3. The standard InChI is InChI=1S/C18H17N3/c1-13-7-9-16(21-2)11-14(13)8-10-18(20)17-6-4-3-5-15(17)12-19/h3-7,9,11-12,19-21H,1-2H3. The van der Waals surface area contributed by atoms with Crippen molar-refractivity contribution in [2.24, 2.45) is 0 Å². The zero-order chi connectivity index (χ0) is 15.2. The maximum atomic E-state index is 8.10. The molecule has 0 aliphatic heterocycles. The smallest absolute Gasteiger partial charge is 0.112 e. The molecule has 104 valence electrons. The van der Waals surface area contributed by atoms with Crippen molar-refractivity contribution in [1.29, 1.82) is 10.8 Å². The van der Waals surface area contributed by atoms with Gasteiger partial charge in [0.25, 0.3) is 0 Å². The molecule has 3 heteroatoms. The van der Waals surface area contributed by atoms with E-state index in [0.717, 1.165) is 16.8 Å². The average Bonchev–Trinajstić information content (AvgIpc) is 2.53. The minimum absolute atomic E-state index is 0.225. The molecule has 3 N–H and O–H groups in total. The van der Waals surface area contributed by atoms with Crippen molar-refractivity contribution in [1.82, 2.24) is 0 Å². The van der Waals surface area contributed by atoms with Gasteiger partial charge in [-0.25, -0.2) is 0 Å². The molecule has 0 atom stereocenters. The van der Waals surface area contributed by atoms with Crippen LogP contribution in [-0.4, -0.2) is 19.0 Å². The summed E-state index contributed by atoms with van der Waals surface area (Å²) in [5, 5.41) is 18.6. The minimum Gasteiger partial charge on any atom is -0.388 e. The van der Waals surface area contributed by atoms with E-state index in [1.807, 2.05) is 56.4 Å². The Kier molecular flexibility index (Phi) is 4.53. The van der Waals surface area contributed by atoms with Crippen LogP contribution in [0, 0.1) is 29.6 Å². The fraction of sp³-hybridized carbons (Fsp3) is 0.111. The zero-order valence-corrected chi connectivity index (χ0v) is 12.1. The Labute approximate surface area is 125 Å². The first-order valence-electron chi connectivity index (χ1n) is 6.64. The molecule has 0 amide bonds. The predicted molar refractivity (Wildman–Crippen MR) is 88.8 cm³/mol. The van der Waals surface area contributed by atoms with E-state index in [0.29, 0.717) is 11.1 Å². The molecule has 0 aliphatic rings. The summed E-state index contributed by atoms with van der Waals surface area (Å²) < 4.78 is 0. The molecular weight excluding hydrogens is 258 g/mol. The zero-order valence-electron chi connectivity index (χ0n) is 12.1. The van der Waals surface area contributed by atoms with Gasteiger partial charge in [-0.05, 0) is 30.5 Å². The van der Waals surface area contributed by atoms with Crippen molar-refractivity contribution < 1.29 is 0 Å². The monoisotopic (exact) mass is 275 g/mol. The van der Waals surface area contributed by atoms with Crippen molar-refractivity contribution in [3.63, 3.8) is 0 Å². The second kappa shape index (κ2) is 6.53. The molecule has 2 aromatic carbocycles. The number of hydrogen-bond acceptors (Lipinski definition) is 3. The van der Waals surface area contributed by atoms with Gasteiger partial charge in [0.05, 0.1) is 0 Å². The number of anilines is 1. The highest BCUT2D eigenvalue weighted by Gasteiger charge is 2.03. The first-order valence-corrected chi connectivity index (χ1v) is 6.64. The van der Waals surface area contributed by atoms with Crippen LogP contribution in [0.15, 0.2) is 42.5 Å². The largest absolute Gasteiger partial charge is 0.388 e. The third-order valence-corrected chi connectivity index (χ3v) is 3.23. The minimum atomic E-state index is 0.225. The van der Waals surface area contributed by atoms with E-state index >= 15 is 0 Å². The molecule has 0 radical (unpaired) electrons. The first-order chi connectivity index (χ1) is 10.2. The van der Waals surface area contributed by atoms with Crippen LogP contribution >= 0.6 is 0 Å². The normalized spacial score (nSPS) is 9.43. The van der Waals surface area contributed by atoms with Gasteiger partial charge in [0, 0.05) is 35.6 Å². The SMILES string of the molecule is CNc1ccc(C)c(C#CC(=N)c2ccccc2C=N)c1. The van der Waals surface area contributed by atoms with E-state index in [9.17, 15) is 0 Å². The Hall–Kier alpha value is -2.86. The van der Waals surface area contributed by atoms with Crippen molar-refractivity contribution in [3.8, 4) is 11.8 Å². The summed E-state index contributed by atoms with van der Waals surface area (Å²) in [6.07, 6.45) is 1.25. The summed E-state index contributed by atoms with van der Waals surface area (Å²) in [5.41, 5.74) is 4.59. The van der Waals surface area contributed by atoms with Gasteiger partial charge in [-0.3, -0.25) is 5.41 Å². The fourth-order valence-electron chi connectivity index (χ4n) is 1.96. The van der Waals surface area contributed by atoms with Crippen molar-refractivity contribution in [3.05, 3.63) is 64.7 Å². The highest BCUT2D eigenvalue weighted by molar-refractivity contribution is 6.14. The van der Waals surface area contributed by atoms with E-state index in [-0.39, 0.29) is 5.71 Å². The fourth-order valence-corrected chi connectivity index (χ4v) is 1.96. The quantitative estimate of drug-likeness (QED) is 0.583. The highest BCUT2D eigenvalue weighted by atomic mass is 14.8. The molecule has 3 nitrogen and oxygen atoms in total. The van der Waals surface area contributed by atoms with Crippen LogP contribution in [-0.2, 0) is 0 Å². The molecule has 0 unspecified atom stereocenters. The second-order valence-electron chi connectivity index (χ2n) is 4.64. The Morgan fingerprint density at radius 1 is 1.19 bits per heavy atom. The lowest BCUT2D eigenvalue weighted by Crippen LogP contribution is -2.00. The van der Waals surface area contributed by atoms with Gasteiger partial charge in [0.1, 0.15) is 5.71 Å². The van der Waals surface area contributed by atoms with Crippen LogP contribution in [0.2, 0.25) is 0 Å². The number of rotatable bonds is 3. The van der Waals surface area contributed by atoms with Gasteiger partial charge < -0.3 is 10.7 Å². The van der Waals surface area contributed by atoms with Gasteiger partial charge in [-0.2, -0.15) is 0 Å². The Morgan fingerprint density at radius 2 is 1.95 bits per heavy atom. The molecule has 0 aromatic heterocycles. The third-order valence-electron chi connectivity index (χ3n) is 3.23. The molecule has 0 aliphatic carbocycles. The van der Waals surface area contributed by atoms with Crippen LogP contribution in [0.5, 0.6) is 0 Å². The molecule has 0 saturated carbocycles. The van der Waals surface area contributed by atoms with Crippen LogP contribution in [0.4, 0.5) is 5.69 Å². The number of aryl methyl sites for hydroxylation is 1. The molecule has 0 saturated heterocycles. The Balaban J connectivity index is 2.35. The van der Waals surface area contributed by atoms with E-state index in [4.69, 9.17) is 10.8 Å². The van der Waals surface area contributed by atoms with Gasteiger partial charge in [-0.15, -0.1) is 0 Å². The van der Waals surface area contributed by atoms with Crippen molar-refractivity contribution in [2.75, 3.05) is 12.4 Å². The van der Waals surface area contributed by atoms with Crippen LogP contribution in [0.25, 0.3) is 0 Å². The van der Waals surface area contributed by atoms with Crippen molar-refractivity contribution >= 4 is 17.6 Å². The van der Waals surface area contributed by atoms with E-state index in [2.05, 4.69) is 17.2 Å². The topological polar surface area (TPSA) is 59.7 Å². The Bertz CT molecular complexity index is 749. The number of benzene rings is 2. The maximum absolute atomic E-state index is 8.10. The molecule has 0 heterocycles. The first kappa shape index (κ1) is 14.5. The summed E-state index contributed by atoms with van der Waals surface area (Å²) in [5.74, 6) is 5.93. The third kappa shape index (κ3) is 3.37. The van der Waals surface area contributed by atoms with E-state index in [1.165, 1.54) is 6.21 Å². The lowest BCUT2D eigenvalue weighted by atomic mass is 10.0. The summed E-state index contributed by atoms with van der Waals surface area (Å²) in [4.78, 5) is 0. The lowest BCUT2D eigenvalue weighted by molar-refractivity contribution is 1.41. The predicted octanol–water partition coefficient (Wildman–Crippen LogP) is 3.45. The summed E-state index contributed by atoms with van der Waals surface area (Å²) in [6.45, 7) is 2.00. The molecule has 2 rings (SSSR count). The molecular formula is C18H17N3. The van der Waals surface area contributed by atoms with Gasteiger partial charge in [-0.1, -0.05) is 36.3 Å². The number of hydrogen-bond donors (Lipinski definition) is 3. The van der Waals surface area contributed by atoms with E-state index in [1.54, 1.807) is 0 Å². The summed E-state index contributed by atoms with van der Waals surface area (Å²) in [6, 6.07) is 13.3. The van der Waals surface area contributed by atoms with Crippen LogP contribution in [0.1, 0.15) is 22.3 Å². The van der Waals surface area contributed by atoms with Gasteiger partial charge in [0.15, 0.2) is 0 Å². The van der Waals surface area contributed by atoms with Gasteiger partial charge in [0.2, 0.25) is 0 Å². The maximum Gasteiger partial charge on any atom is 0.112 e.